The first-order valence-corrected chi connectivity index (χ1v) is 7.17. The summed E-state index contributed by atoms with van der Waals surface area (Å²) < 4.78 is 11.0. The van der Waals surface area contributed by atoms with Crippen LogP contribution in [0.4, 0.5) is 5.82 Å². The number of halogens is 1. The minimum atomic E-state index is 0.304. The highest BCUT2D eigenvalue weighted by atomic mass is 35.5. The fourth-order valence-corrected chi connectivity index (χ4v) is 2.06. The number of nitrogens with zero attached hydrogens (tertiary/aromatic N) is 2. The molecule has 1 aromatic heterocycles. The quantitative estimate of drug-likeness (QED) is 0.883. The average Bonchev–Trinajstić information content (AvgIpc) is 2.46. The van der Waals surface area contributed by atoms with Crippen molar-refractivity contribution < 1.29 is 9.47 Å². The summed E-state index contributed by atoms with van der Waals surface area (Å²) in [5.41, 5.74) is 6.78. The van der Waals surface area contributed by atoms with Gasteiger partial charge in [-0.2, -0.15) is 4.98 Å². The molecular formula is C15H18ClN3O2. The summed E-state index contributed by atoms with van der Waals surface area (Å²) in [6.07, 6.45) is 0.831. The van der Waals surface area contributed by atoms with Gasteiger partial charge in [0.2, 0.25) is 5.88 Å². The van der Waals surface area contributed by atoms with Crippen molar-refractivity contribution in [2.45, 2.75) is 26.9 Å². The van der Waals surface area contributed by atoms with E-state index in [2.05, 4.69) is 9.97 Å². The molecule has 5 nitrogen and oxygen atoms in total. The summed E-state index contributed by atoms with van der Waals surface area (Å²) in [7, 11) is 0. The van der Waals surface area contributed by atoms with Crippen LogP contribution in [-0.2, 0) is 17.8 Å². The molecule has 0 saturated carbocycles. The fourth-order valence-electron chi connectivity index (χ4n) is 1.81. The predicted molar refractivity (Wildman–Crippen MR) is 82.7 cm³/mol. The highest BCUT2D eigenvalue weighted by Gasteiger charge is 2.07. The van der Waals surface area contributed by atoms with Crippen molar-refractivity contribution in [3.05, 3.63) is 40.7 Å². The third-order valence-corrected chi connectivity index (χ3v) is 3.19. The Hall–Kier alpha value is -1.85. The van der Waals surface area contributed by atoms with Crippen molar-refractivity contribution in [3.8, 4) is 11.6 Å². The smallest absolute Gasteiger partial charge is 0.224 e. The first-order chi connectivity index (χ1) is 10.1. The number of aromatic nitrogens is 2. The van der Waals surface area contributed by atoms with Gasteiger partial charge in [0.25, 0.3) is 0 Å². The number of hydrogen-bond donors (Lipinski definition) is 1. The van der Waals surface area contributed by atoms with Gasteiger partial charge in [-0.25, -0.2) is 4.98 Å². The summed E-state index contributed by atoms with van der Waals surface area (Å²) in [6, 6.07) is 7.07. The highest BCUT2D eigenvalue weighted by molar-refractivity contribution is 6.31. The minimum Gasteiger partial charge on any atom is -0.439 e. The maximum atomic E-state index is 6.09. The van der Waals surface area contributed by atoms with Crippen LogP contribution in [0.5, 0.6) is 11.6 Å². The normalized spacial score (nSPS) is 10.6. The van der Waals surface area contributed by atoms with E-state index in [0.717, 1.165) is 17.0 Å². The Balaban J connectivity index is 2.20. The number of hydrogen-bond acceptors (Lipinski definition) is 5. The zero-order valence-corrected chi connectivity index (χ0v) is 12.9. The lowest BCUT2D eigenvalue weighted by molar-refractivity contribution is 0.128. The van der Waals surface area contributed by atoms with Crippen molar-refractivity contribution in [1.29, 1.82) is 0 Å². The second-order valence-corrected chi connectivity index (χ2v) is 4.80. The Labute approximate surface area is 129 Å². The maximum Gasteiger partial charge on any atom is 0.224 e. The molecule has 0 spiro atoms. The first kappa shape index (κ1) is 15.5. The number of nitrogen functional groups attached to an aromatic ring is 1. The Morgan fingerprint density at radius 1 is 1.19 bits per heavy atom. The number of aryl methyl sites for hydroxylation is 1. The van der Waals surface area contributed by atoms with Gasteiger partial charge < -0.3 is 15.2 Å². The molecule has 0 radical (unpaired) electrons. The number of rotatable bonds is 6. The van der Waals surface area contributed by atoms with Crippen molar-refractivity contribution >= 4 is 17.4 Å². The van der Waals surface area contributed by atoms with E-state index in [9.17, 15) is 0 Å². The van der Waals surface area contributed by atoms with Crippen LogP contribution in [0, 0.1) is 0 Å². The lowest BCUT2D eigenvalue weighted by atomic mass is 10.1. The van der Waals surface area contributed by atoms with Gasteiger partial charge in [-0.05, 0) is 37.1 Å². The number of benzene rings is 1. The second-order valence-electron chi connectivity index (χ2n) is 4.39. The second kappa shape index (κ2) is 7.24. The minimum absolute atomic E-state index is 0.304. The van der Waals surface area contributed by atoms with Crippen LogP contribution in [0.2, 0.25) is 5.02 Å². The lowest BCUT2D eigenvalue weighted by Crippen LogP contribution is -2.03. The molecule has 1 aromatic carbocycles. The summed E-state index contributed by atoms with van der Waals surface area (Å²) in [6.45, 7) is 4.83. The van der Waals surface area contributed by atoms with Gasteiger partial charge in [-0.3, -0.25) is 0 Å². The number of nitrogens with two attached hydrogens (primary N) is 1. The van der Waals surface area contributed by atoms with Crippen LogP contribution in [0.1, 0.15) is 25.2 Å². The molecule has 2 aromatic rings. The number of anilines is 1. The van der Waals surface area contributed by atoms with E-state index >= 15 is 0 Å². The van der Waals surface area contributed by atoms with Crippen molar-refractivity contribution in [2.75, 3.05) is 12.3 Å². The van der Waals surface area contributed by atoms with Gasteiger partial charge in [-0.15, -0.1) is 0 Å². The van der Waals surface area contributed by atoms with Crippen LogP contribution < -0.4 is 10.5 Å². The lowest BCUT2D eigenvalue weighted by Gasteiger charge is -2.09. The molecule has 0 fully saturated rings. The molecule has 112 valence electrons. The van der Waals surface area contributed by atoms with Crippen molar-refractivity contribution in [3.63, 3.8) is 0 Å². The molecule has 0 unspecified atom stereocenters. The third kappa shape index (κ3) is 4.31. The van der Waals surface area contributed by atoms with Gasteiger partial charge in [-0.1, -0.05) is 18.5 Å². The molecule has 0 aliphatic rings. The SMILES string of the molecule is CCOCc1nc(N)cc(Oc2ccc(Cl)c(CC)c2)n1. The molecule has 0 aliphatic carbocycles. The van der Waals surface area contributed by atoms with E-state index in [4.69, 9.17) is 26.8 Å². The standard InChI is InChI=1S/C15H18ClN3O2/c1-3-10-7-11(5-6-12(10)16)21-15-8-13(17)18-14(19-15)9-20-4-2/h5-8H,3-4,9H2,1-2H3,(H2,17,18,19). The van der Waals surface area contributed by atoms with Gasteiger partial charge in [0.15, 0.2) is 5.82 Å². The van der Waals surface area contributed by atoms with E-state index in [0.29, 0.717) is 36.5 Å². The van der Waals surface area contributed by atoms with Crippen LogP contribution >= 0.6 is 11.6 Å². The van der Waals surface area contributed by atoms with Crippen molar-refractivity contribution in [1.82, 2.24) is 9.97 Å². The monoisotopic (exact) mass is 307 g/mol. The molecule has 1 heterocycles. The largest absolute Gasteiger partial charge is 0.439 e. The molecule has 2 N–H and O–H groups in total. The third-order valence-electron chi connectivity index (χ3n) is 2.82. The van der Waals surface area contributed by atoms with Crippen LogP contribution in [0.3, 0.4) is 0 Å². The Morgan fingerprint density at radius 2 is 2.00 bits per heavy atom. The molecule has 21 heavy (non-hydrogen) atoms. The molecule has 0 saturated heterocycles. The Bertz CT molecular complexity index is 620. The molecule has 0 atom stereocenters. The maximum absolute atomic E-state index is 6.09. The Kier molecular flexibility index (Phi) is 5.36. The number of ether oxygens (including phenoxy) is 2. The molecule has 0 amide bonds. The summed E-state index contributed by atoms with van der Waals surface area (Å²) >= 11 is 6.09. The van der Waals surface area contributed by atoms with E-state index < -0.39 is 0 Å². The van der Waals surface area contributed by atoms with E-state index in [1.165, 1.54) is 0 Å². The van der Waals surface area contributed by atoms with Crippen LogP contribution in [0.25, 0.3) is 0 Å². The molecule has 2 rings (SSSR count). The highest BCUT2D eigenvalue weighted by Crippen LogP contribution is 2.26. The van der Waals surface area contributed by atoms with E-state index in [1.54, 1.807) is 18.2 Å². The molecule has 0 bridgehead atoms. The van der Waals surface area contributed by atoms with Gasteiger partial charge in [0.1, 0.15) is 18.2 Å². The Morgan fingerprint density at radius 3 is 2.71 bits per heavy atom. The van der Waals surface area contributed by atoms with Gasteiger partial charge >= 0.3 is 0 Å². The zero-order chi connectivity index (χ0) is 15.2. The van der Waals surface area contributed by atoms with Gasteiger partial charge in [0, 0.05) is 17.7 Å². The topological polar surface area (TPSA) is 70.3 Å². The van der Waals surface area contributed by atoms with Crippen LogP contribution in [0.15, 0.2) is 24.3 Å². The van der Waals surface area contributed by atoms with Gasteiger partial charge in [0.05, 0.1) is 0 Å². The predicted octanol–water partition coefficient (Wildman–Crippen LogP) is 3.60. The van der Waals surface area contributed by atoms with E-state index in [1.807, 2.05) is 19.9 Å². The summed E-state index contributed by atoms with van der Waals surface area (Å²) in [4.78, 5) is 8.37. The van der Waals surface area contributed by atoms with E-state index in [-0.39, 0.29) is 0 Å². The molecule has 6 heteroatoms. The molecule has 0 aliphatic heterocycles. The summed E-state index contributed by atoms with van der Waals surface area (Å²) in [5, 5.41) is 0.726. The first-order valence-electron chi connectivity index (χ1n) is 6.79. The van der Waals surface area contributed by atoms with Crippen LogP contribution in [-0.4, -0.2) is 16.6 Å². The summed E-state index contributed by atoms with van der Waals surface area (Å²) in [5.74, 6) is 1.90. The van der Waals surface area contributed by atoms with Crippen molar-refractivity contribution in [2.24, 2.45) is 0 Å². The fraction of sp³-hybridized carbons (Fsp3) is 0.333. The average molecular weight is 308 g/mol. The molecular weight excluding hydrogens is 290 g/mol. The zero-order valence-electron chi connectivity index (χ0n) is 12.1.